The molecule has 1 rings (SSSR count). The molecule has 5 nitrogen and oxygen atoms in total. The molecule has 1 unspecified atom stereocenters. The van der Waals surface area contributed by atoms with Crippen LogP contribution in [0, 0.1) is 5.92 Å². The predicted octanol–water partition coefficient (Wildman–Crippen LogP) is 0.498. The third kappa shape index (κ3) is 3.05. The molecule has 0 radical (unpaired) electrons. The van der Waals surface area contributed by atoms with Crippen molar-refractivity contribution in [2.45, 2.75) is 6.42 Å². The summed E-state index contributed by atoms with van der Waals surface area (Å²) in [7, 11) is 1.17. The van der Waals surface area contributed by atoms with E-state index in [0.29, 0.717) is 0 Å². The molecule has 0 saturated carbocycles. The summed E-state index contributed by atoms with van der Waals surface area (Å²) < 4.78 is 4.41. The van der Waals surface area contributed by atoms with Crippen molar-refractivity contribution in [3.05, 3.63) is 30.1 Å². The fourth-order valence-electron chi connectivity index (χ4n) is 1.17. The average molecular weight is 209 g/mol. The van der Waals surface area contributed by atoms with Gasteiger partial charge in [0.25, 0.3) is 0 Å². The van der Waals surface area contributed by atoms with Crippen LogP contribution < -0.4 is 0 Å². The topological polar surface area (TPSA) is 76.5 Å². The van der Waals surface area contributed by atoms with Crippen LogP contribution in [0.4, 0.5) is 0 Å². The van der Waals surface area contributed by atoms with Crippen LogP contribution in [-0.4, -0.2) is 29.1 Å². The van der Waals surface area contributed by atoms with E-state index in [-0.39, 0.29) is 6.42 Å². The number of aromatic nitrogens is 1. The first-order chi connectivity index (χ1) is 7.15. The Labute approximate surface area is 86.7 Å². The average Bonchev–Trinajstić information content (AvgIpc) is 2.26. The van der Waals surface area contributed by atoms with Crippen molar-refractivity contribution in [1.29, 1.82) is 0 Å². The zero-order valence-corrected chi connectivity index (χ0v) is 8.21. The minimum absolute atomic E-state index is 0.116. The Hall–Kier alpha value is -1.91. The number of hydrogen-bond acceptors (Lipinski definition) is 4. The largest absolute Gasteiger partial charge is 0.481 e. The van der Waals surface area contributed by atoms with Crippen LogP contribution in [0.5, 0.6) is 0 Å². The van der Waals surface area contributed by atoms with Gasteiger partial charge in [0, 0.05) is 12.4 Å². The maximum atomic E-state index is 11.1. The Balaban J connectivity index is 2.76. The molecule has 0 aliphatic heterocycles. The Morgan fingerprint density at radius 2 is 2.07 bits per heavy atom. The first kappa shape index (κ1) is 11.2. The van der Waals surface area contributed by atoms with E-state index in [2.05, 4.69) is 9.72 Å². The van der Waals surface area contributed by atoms with E-state index in [4.69, 9.17) is 5.11 Å². The van der Waals surface area contributed by atoms with Crippen LogP contribution in [0.1, 0.15) is 5.56 Å². The molecule has 1 heterocycles. The molecular formula is C10H11NO4. The Bertz CT molecular complexity index is 350. The summed E-state index contributed by atoms with van der Waals surface area (Å²) in [5.74, 6) is -3.07. The van der Waals surface area contributed by atoms with Gasteiger partial charge in [0.05, 0.1) is 7.11 Å². The van der Waals surface area contributed by atoms with Crippen molar-refractivity contribution in [2.75, 3.05) is 7.11 Å². The minimum atomic E-state index is -1.18. The zero-order valence-electron chi connectivity index (χ0n) is 8.21. The van der Waals surface area contributed by atoms with Gasteiger partial charge in [-0.05, 0) is 24.1 Å². The van der Waals surface area contributed by atoms with Crippen LogP contribution in [0.15, 0.2) is 24.5 Å². The number of nitrogens with zero attached hydrogens (tertiary/aromatic N) is 1. The molecule has 5 heteroatoms. The first-order valence-corrected chi connectivity index (χ1v) is 4.34. The highest BCUT2D eigenvalue weighted by atomic mass is 16.5. The van der Waals surface area contributed by atoms with Gasteiger partial charge >= 0.3 is 11.9 Å². The van der Waals surface area contributed by atoms with Crippen molar-refractivity contribution in [3.8, 4) is 0 Å². The minimum Gasteiger partial charge on any atom is -0.481 e. The second-order valence-electron chi connectivity index (χ2n) is 2.97. The second kappa shape index (κ2) is 5.09. The monoisotopic (exact) mass is 209 g/mol. The summed E-state index contributed by atoms with van der Waals surface area (Å²) in [4.78, 5) is 25.7. The number of hydrogen-bond donors (Lipinski definition) is 1. The molecule has 0 aliphatic rings. The molecular weight excluding hydrogens is 198 g/mol. The molecule has 0 aliphatic carbocycles. The summed E-state index contributed by atoms with van der Waals surface area (Å²) in [5.41, 5.74) is 0.739. The van der Waals surface area contributed by atoms with Gasteiger partial charge < -0.3 is 9.84 Å². The summed E-state index contributed by atoms with van der Waals surface area (Å²) in [6.45, 7) is 0. The number of carboxylic acid groups (broad SMARTS) is 1. The molecule has 1 N–H and O–H groups in total. The smallest absolute Gasteiger partial charge is 0.320 e. The Morgan fingerprint density at radius 3 is 2.53 bits per heavy atom. The van der Waals surface area contributed by atoms with E-state index >= 15 is 0 Å². The van der Waals surface area contributed by atoms with Gasteiger partial charge in [-0.25, -0.2) is 0 Å². The number of methoxy groups -OCH3 is 1. The first-order valence-electron chi connectivity index (χ1n) is 4.34. The number of ether oxygens (including phenoxy) is 1. The molecule has 1 aromatic heterocycles. The van der Waals surface area contributed by atoms with Crippen molar-refractivity contribution in [3.63, 3.8) is 0 Å². The van der Waals surface area contributed by atoms with Gasteiger partial charge in [-0.1, -0.05) is 0 Å². The van der Waals surface area contributed by atoms with E-state index in [1.807, 2.05) is 0 Å². The molecule has 1 atom stereocenters. The molecule has 0 spiro atoms. The number of esters is 1. The van der Waals surface area contributed by atoms with Gasteiger partial charge in [0.1, 0.15) is 0 Å². The van der Waals surface area contributed by atoms with Crippen LogP contribution in [0.25, 0.3) is 0 Å². The van der Waals surface area contributed by atoms with Crippen molar-refractivity contribution in [1.82, 2.24) is 4.98 Å². The summed E-state index contributed by atoms with van der Waals surface area (Å²) >= 11 is 0. The summed E-state index contributed by atoms with van der Waals surface area (Å²) in [6, 6.07) is 3.33. The van der Waals surface area contributed by atoms with E-state index in [9.17, 15) is 9.59 Å². The van der Waals surface area contributed by atoms with Crippen LogP contribution in [0.3, 0.4) is 0 Å². The lowest BCUT2D eigenvalue weighted by Crippen LogP contribution is -2.27. The molecule has 15 heavy (non-hydrogen) atoms. The van der Waals surface area contributed by atoms with Crippen LogP contribution >= 0.6 is 0 Å². The normalized spacial score (nSPS) is 11.8. The Morgan fingerprint density at radius 1 is 1.47 bits per heavy atom. The zero-order chi connectivity index (χ0) is 11.3. The van der Waals surface area contributed by atoms with Crippen molar-refractivity contribution in [2.24, 2.45) is 5.92 Å². The highest BCUT2D eigenvalue weighted by Crippen LogP contribution is 2.09. The maximum Gasteiger partial charge on any atom is 0.320 e. The van der Waals surface area contributed by atoms with Gasteiger partial charge in [0.15, 0.2) is 5.92 Å². The SMILES string of the molecule is COC(=O)C(Cc1ccncc1)C(=O)O. The molecule has 0 fully saturated rings. The molecule has 0 amide bonds. The number of carbonyl (C=O) groups excluding carboxylic acids is 1. The number of aliphatic carboxylic acids is 1. The van der Waals surface area contributed by atoms with Gasteiger partial charge in [-0.15, -0.1) is 0 Å². The van der Waals surface area contributed by atoms with Gasteiger partial charge in [0.2, 0.25) is 0 Å². The highest BCUT2D eigenvalue weighted by Gasteiger charge is 2.27. The van der Waals surface area contributed by atoms with Gasteiger partial charge in [-0.2, -0.15) is 0 Å². The van der Waals surface area contributed by atoms with Crippen LogP contribution in [-0.2, 0) is 20.7 Å². The lowest BCUT2D eigenvalue weighted by Gasteiger charge is -2.09. The molecule has 0 aromatic carbocycles. The highest BCUT2D eigenvalue weighted by molar-refractivity contribution is 5.94. The van der Waals surface area contributed by atoms with Crippen molar-refractivity contribution < 1.29 is 19.4 Å². The molecule has 0 bridgehead atoms. The summed E-state index contributed by atoms with van der Waals surface area (Å²) in [6.07, 6.45) is 3.21. The molecule has 1 aromatic rings. The van der Waals surface area contributed by atoms with E-state index in [0.717, 1.165) is 5.56 Å². The fourth-order valence-corrected chi connectivity index (χ4v) is 1.17. The lowest BCUT2D eigenvalue weighted by atomic mass is 10.0. The van der Waals surface area contributed by atoms with E-state index in [1.54, 1.807) is 24.5 Å². The third-order valence-corrected chi connectivity index (χ3v) is 1.97. The number of carboxylic acids is 1. The van der Waals surface area contributed by atoms with E-state index < -0.39 is 17.9 Å². The van der Waals surface area contributed by atoms with Crippen molar-refractivity contribution >= 4 is 11.9 Å². The summed E-state index contributed by atoms with van der Waals surface area (Å²) in [5, 5.41) is 8.82. The Kier molecular flexibility index (Phi) is 3.79. The standard InChI is InChI=1S/C10H11NO4/c1-15-10(14)8(9(12)13)6-7-2-4-11-5-3-7/h2-5,8H,6H2,1H3,(H,12,13). The maximum absolute atomic E-state index is 11.1. The molecule has 80 valence electrons. The van der Waals surface area contributed by atoms with Crippen LogP contribution in [0.2, 0.25) is 0 Å². The van der Waals surface area contributed by atoms with E-state index in [1.165, 1.54) is 7.11 Å². The third-order valence-electron chi connectivity index (χ3n) is 1.97. The number of carbonyl (C=O) groups is 2. The second-order valence-corrected chi connectivity index (χ2v) is 2.97. The fraction of sp³-hybridized carbons (Fsp3) is 0.300. The number of rotatable bonds is 4. The lowest BCUT2D eigenvalue weighted by molar-refractivity contribution is -0.156. The quantitative estimate of drug-likeness (QED) is 0.577. The number of pyridine rings is 1. The molecule has 0 saturated heterocycles. The predicted molar refractivity (Wildman–Crippen MR) is 51.1 cm³/mol. The van der Waals surface area contributed by atoms with Gasteiger partial charge in [-0.3, -0.25) is 14.6 Å².